The predicted molar refractivity (Wildman–Crippen MR) is 112 cm³/mol. The Hall–Kier alpha value is -1.73. The molecule has 4 rings (SSSR count). The largest absolute Gasteiger partial charge is 0.471 e. The molecule has 0 saturated heterocycles. The van der Waals surface area contributed by atoms with E-state index >= 15 is 0 Å². The lowest BCUT2D eigenvalue weighted by Crippen LogP contribution is -2.09. The lowest BCUT2D eigenvalue weighted by molar-refractivity contribution is 0.289. The van der Waals surface area contributed by atoms with Gasteiger partial charge in [-0.15, -0.1) is 0 Å². The molecule has 1 aliphatic heterocycles. The molecule has 8 heteroatoms. The van der Waals surface area contributed by atoms with Gasteiger partial charge in [-0.25, -0.2) is 9.44 Å². The molecule has 1 aromatic carbocycles. The SMILES string of the molecule is CC.CNc1cnc2c(n1)OCc1cc(-c3cnn(PI)c3)ccc1-2. The fourth-order valence-corrected chi connectivity index (χ4v) is 3.65. The van der Waals surface area contributed by atoms with Gasteiger partial charge in [0.05, 0.1) is 18.8 Å². The third kappa shape index (κ3) is 3.62. The Morgan fingerprint density at radius 2 is 2.08 bits per heavy atom. The van der Waals surface area contributed by atoms with E-state index in [9.17, 15) is 0 Å². The van der Waals surface area contributed by atoms with E-state index < -0.39 is 0 Å². The van der Waals surface area contributed by atoms with Crippen LogP contribution >= 0.6 is 28.4 Å². The van der Waals surface area contributed by atoms with Crippen LogP contribution in [0.4, 0.5) is 5.82 Å². The van der Waals surface area contributed by atoms with Crippen molar-refractivity contribution in [3.63, 3.8) is 0 Å². The first-order chi connectivity index (χ1) is 12.3. The second-order valence-electron chi connectivity index (χ2n) is 5.08. The number of ether oxygens (including phenoxy) is 1. The van der Waals surface area contributed by atoms with Gasteiger partial charge in [-0.1, -0.05) is 26.0 Å². The van der Waals surface area contributed by atoms with Crippen molar-refractivity contribution in [2.45, 2.75) is 20.5 Å². The van der Waals surface area contributed by atoms with E-state index in [1.165, 1.54) is 0 Å². The van der Waals surface area contributed by atoms with Crippen molar-refractivity contribution in [1.29, 1.82) is 0 Å². The molecule has 25 heavy (non-hydrogen) atoms. The molecule has 0 radical (unpaired) electrons. The van der Waals surface area contributed by atoms with E-state index in [0.717, 1.165) is 27.9 Å². The van der Waals surface area contributed by atoms with Crippen molar-refractivity contribution in [3.8, 4) is 28.3 Å². The second kappa shape index (κ2) is 8.10. The van der Waals surface area contributed by atoms with E-state index in [2.05, 4.69) is 66.8 Å². The number of rotatable bonds is 3. The van der Waals surface area contributed by atoms with E-state index in [4.69, 9.17) is 4.74 Å². The van der Waals surface area contributed by atoms with Crippen LogP contribution < -0.4 is 10.1 Å². The first-order valence-corrected chi connectivity index (χ1v) is 12.1. The predicted octanol–water partition coefficient (Wildman–Crippen LogP) is 4.76. The number of nitrogens with zero attached hydrogens (tertiary/aromatic N) is 4. The van der Waals surface area contributed by atoms with Crippen molar-refractivity contribution in [2.75, 3.05) is 12.4 Å². The van der Waals surface area contributed by atoms with Crippen molar-refractivity contribution in [1.82, 2.24) is 19.5 Å². The van der Waals surface area contributed by atoms with Crippen LogP contribution in [0, 0.1) is 0 Å². The molecule has 1 atom stereocenters. The summed E-state index contributed by atoms with van der Waals surface area (Å²) in [5.74, 6) is 1.28. The lowest BCUT2D eigenvalue weighted by atomic mass is 9.98. The highest BCUT2D eigenvalue weighted by Gasteiger charge is 2.21. The van der Waals surface area contributed by atoms with Gasteiger partial charge in [0.25, 0.3) is 0 Å². The Morgan fingerprint density at radius 1 is 1.24 bits per heavy atom. The third-order valence-electron chi connectivity index (χ3n) is 3.72. The number of nitrogens with one attached hydrogen (secondary N) is 1. The van der Waals surface area contributed by atoms with E-state index in [-0.39, 0.29) is 0 Å². The van der Waals surface area contributed by atoms with Crippen molar-refractivity contribution in [2.24, 2.45) is 0 Å². The molecule has 0 spiro atoms. The van der Waals surface area contributed by atoms with Crippen LogP contribution in [0.3, 0.4) is 0 Å². The number of benzene rings is 1. The maximum Gasteiger partial charge on any atom is 0.242 e. The van der Waals surface area contributed by atoms with Crippen LogP contribution in [-0.4, -0.2) is 26.6 Å². The minimum absolute atomic E-state index is 0.500. The zero-order valence-electron chi connectivity index (χ0n) is 14.2. The summed E-state index contributed by atoms with van der Waals surface area (Å²) in [6.07, 6.45) is 6.27. The van der Waals surface area contributed by atoms with Crippen molar-refractivity contribution in [3.05, 3.63) is 42.4 Å². The molecule has 6 nitrogen and oxygen atoms in total. The number of anilines is 1. The molecule has 0 saturated carbocycles. The Morgan fingerprint density at radius 3 is 2.80 bits per heavy atom. The average molecular weight is 467 g/mol. The van der Waals surface area contributed by atoms with Crippen LogP contribution in [0.5, 0.6) is 5.88 Å². The Bertz CT molecular complexity index is 883. The molecule has 3 aromatic rings. The maximum absolute atomic E-state index is 5.78. The van der Waals surface area contributed by atoms with Gasteiger partial charge in [-0.2, -0.15) is 10.1 Å². The summed E-state index contributed by atoms with van der Waals surface area (Å²) in [5.41, 5.74) is 5.23. The number of hydrogen-bond acceptors (Lipinski definition) is 5. The van der Waals surface area contributed by atoms with Crippen LogP contribution in [0.15, 0.2) is 36.8 Å². The quantitative estimate of drug-likeness (QED) is 0.445. The number of aromatic nitrogens is 4. The maximum atomic E-state index is 5.78. The van der Waals surface area contributed by atoms with Gasteiger partial charge in [0.1, 0.15) is 18.1 Å². The van der Waals surface area contributed by atoms with Gasteiger partial charge in [0, 0.05) is 24.4 Å². The topological polar surface area (TPSA) is 64.9 Å². The number of hydrogen-bond donors (Lipinski definition) is 1. The van der Waals surface area contributed by atoms with Gasteiger partial charge in [0.2, 0.25) is 5.88 Å². The minimum atomic E-state index is 0.500. The number of halogens is 1. The Labute approximate surface area is 161 Å². The Balaban J connectivity index is 0.000000880. The standard InChI is InChI=1S/C15H13IN5OP.C2H6/c1-17-13-6-18-14-12-3-2-9(11-5-19-21(7-11)23-16)4-10(12)8-22-15(14)20-13;1-2/h2-7,23H,8H2,1H3,(H,17,20);1-2H3. The van der Waals surface area contributed by atoms with Crippen molar-refractivity contribution < 1.29 is 4.74 Å². The molecule has 1 aliphatic rings. The molecule has 0 fully saturated rings. The summed E-state index contributed by atoms with van der Waals surface area (Å²) in [6, 6.07) is 6.33. The fourth-order valence-electron chi connectivity index (χ4n) is 2.57. The first-order valence-electron chi connectivity index (χ1n) is 8.01. The molecule has 3 heterocycles. The van der Waals surface area contributed by atoms with Crippen LogP contribution in [0.2, 0.25) is 0 Å². The van der Waals surface area contributed by atoms with Crippen LogP contribution in [-0.2, 0) is 6.61 Å². The summed E-state index contributed by atoms with van der Waals surface area (Å²) in [5, 5.41) is 7.32. The normalized spacial score (nSPS) is 12.0. The third-order valence-corrected chi connectivity index (χ3v) is 5.62. The van der Waals surface area contributed by atoms with E-state index in [0.29, 0.717) is 24.7 Å². The average Bonchev–Trinajstić information content (AvgIpc) is 3.17. The smallest absolute Gasteiger partial charge is 0.242 e. The summed E-state index contributed by atoms with van der Waals surface area (Å²) < 4.78 is 7.71. The van der Waals surface area contributed by atoms with E-state index in [1.54, 1.807) is 6.20 Å². The summed E-state index contributed by atoms with van der Waals surface area (Å²) in [7, 11) is 1.82. The highest BCUT2D eigenvalue weighted by molar-refractivity contribution is 14.2. The zero-order chi connectivity index (χ0) is 17.8. The van der Waals surface area contributed by atoms with Gasteiger partial charge < -0.3 is 10.1 Å². The van der Waals surface area contributed by atoms with Crippen LogP contribution in [0.1, 0.15) is 19.4 Å². The van der Waals surface area contributed by atoms with Crippen molar-refractivity contribution >= 4 is 34.2 Å². The zero-order valence-corrected chi connectivity index (χ0v) is 17.4. The molecule has 0 bridgehead atoms. The summed E-state index contributed by atoms with van der Waals surface area (Å²) in [4.78, 5) is 8.90. The first kappa shape index (κ1) is 18.1. The monoisotopic (exact) mass is 467 g/mol. The second-order valence-corrected chi connectivity index (χ2v) is 7.15. The molecular weight excluding hydrogens is 448 g/mol. The minimum Gasteiger partial charge on any atom is -0.471 e. The van der Waals surface area contributed by atoms with Gasteiger partial charge >= 0.3 is 0 Å². The van der Waals surface area contributed by atoms with E-state index in [1.807, 2.05) is 31.5 Å². The van der Waals surface area contributed by atoms with Gasteiger partial charge in [-0.05, 0) is 39.2 Å². The number of fused-ring (bicyclic) bond motifs is 3. The molecular formula is C17H19IN5OP. The summed E-state index contributed by atoms with van der Waals surface area (Å²) >= 11 is 2.31. The van der Waals surface area contributed by atoms with Crippen LogP contribution in [0.25, 0.3) is 22.4 Å². The molecule has 1 unspecified atom stereocenters. The molecule has 1 N–H and O–H groups in total. The Kier molecular flexibility index (Phi) is 5.86. The highest BCUT2D eigenvalue weighted by atomic mass is 127. The molecule has 0 amide bonds. The molecule has 2 aromatic heterocycles. The van der Waals surface area contributed by atoms with Gasteiger partial charge in [-0.3, -0.25) is 0 Å². The lowest BCUT2D eigenvalue weighted by Gasteiger charge is -2.20. The summed E-state index contributed by atoms with van der Waals surface area (Å²) in [6.45, 7) is 4.50. The fraction of sp³-hybridized carbons (Fsp3) is 0.235. The van der Waals surface area contributed by atoms with Gasteiger partial charge in [0.15, 0.2) is 0 Å². The highest BCUT2D eigenvalue weighted by Crippen LogP contribution is 2.37. The molecule has 130 valence electrons. The molecule has 0 aliphatic carbocycles.